The van der Waals surface area contributed by atoms with Crippen molar-refractivity contribution in [3.63, 3.8) is 0 Å². The Hall–Kier alpha value is -2.27. The fourth-order valence-electron chi connectivity index (χ4n) is 2.42. The second-order valence-electron chi connectivity index (χ2n) is 4.80. The molecule has 0 aliphatic carbocycles. The van der Waals surface area contributed by atoms with Gasteiger partial charge >= 0.3 is 0 Å². The summed E-state index contributed by atoms with van der Waals surface area (Å²) in [6.45, 7) is 2.10. The third kappa shape index (κ3) is 1.84. The fourth-order valence-corrected chi connectivity index (χ4v) is 2.42. The van der Waals surface area contributed by atoms with Crippen molar-refractivity contribution in [3.8, 4) is 6.07 Å². The van der Waals surface area contributed by atoms with Gasteiger partial charge in [-0.2, -0.15) is 5.26 Å². The zero-order valence-corrected chi connectivity index (χ0v) is 10.3. The summed E-state index contributed by atoms with van der Waals surface area (Å²) < 4.78 is 0. The first-order valence-electron chi connectivity index (χ1n) is 6.12. The summed E-state index contributed by atoms with van der Waals surface area (Å²) in [5.74, 6) is 0. The SMILES string of the molecule is Cc1ccc(C2Cc3ccc(C#N)cc3N2)cc1. The van der Waals surface area contributed by atoms with Gasteiger partial charge in [-0.15, -0.1) is 0 Å². The van der Waals surface area contributed by atoms with E-state index in [1.807, 2.05) is 12.1 Å². The van der Waals surface area contributed by atoms with E-state index in [1.165, 1.54) is 16.7 Å². The van der Waals surface area contributed by atoms with Crippen LogP contribution in [-0.2, 0) is 6.42 Å². The molecule has 0 spiro atoms. The maximum atomic E-state index is 8.90. The van der Waals surface area contributed by atoms with Gasteiger partial charge in [0.2, 0.25) is 0 Å². The number of rotatable bonds is 1. The van der Waals surface area contributed by atoms with Gasteiger partial charge in [0.05, 0.1) is 17.7 Å². The van der Waals surface area contributed by atoms with Gasteiger partial charge in [-0.05, 0) is 36.6 Å². The monoisotopic (exact) mass is 234 g/mol. The smallest absolute Gasteiger partial charge is 0.0992 e. The van der Waals surface area contributed by atoms with E-state index in [0.717, 1.165) is 12.1 Å². The predicted molar refractivity (Wildman–Crippen MR) is 72.4 cm³/mol. The Kier molecular flexibility index (Phi) is 2.53. The minimum Gasteiger partial charge on any atom is -0.378 e. The Morgan fingerprint density at radius 3 is 2.67 bits per heavy atom. The number of nitrogens with one attached hydrogen (secondary N) is 1. The average molecular weight is 234 g/mol. The number of anilines is 1. The normalized spacial score (nSPS) is 16.8. The Balaban J connectivity index is 1.89. The lowest BCUT2D eigenvalue weighted by atomic mass is 10.0. The zero-order valence-electron chi connectivity index (χ0n) is 10.3. The molecule has 1 heterocycles. The molecule has 0 saturated heterocycles. The fraction of sp³-hybridized carbons (Fsp3) is 0.188. The first-order valence-corrected chi connectivity index (χ1v) is 6.12. The molecule has 2 heteroatoms. The minimum absolute atomic E-state index is 0.328. The van der Waals surface area contributed by atoms with E-state index in [4.69, 9.17) is 5.26 Å². The van der Waals surface area contributed by atoms with Gasteiger partial charge in [-0.25, -0.2) is 0 Å². The van der Waals surface area contributed by atoms with E-state index < -0.39 is 0 Å². The van der Waals surface area contributed by atoms with E-state index >= 15 is 0 Å². The molecule has 0 radical (unpaired) electrons. The molecule has 0 aromatic heterocycles. The summed E-state index contributed by atoms with van der Waals surface area (Å²) in [4.78, 5) is 0. The molecule has 2 nitrogen and oxygen atoms in total. The van der Waals surface area contributed by atoms with Gasteiger partial charge in [0.1, 0.15) is 0 Å². The summed E-state index contributed by atoms with van der Waals surface area (Å²) in [6.07, 6.45) is 0.990. The number of nitriles is 1. The highest BCUT2D eigenvalue weighted by atomic mass is 14.9. The summed E-state index contributed by atoms with van der Waals surface area (Å²) in [7, 11) is 0. The lowest BCUT2D eigenvalue weighted by molar-refractivity contribution is 0.824. The van der Waals surface area contributed by atoms with Crippen LogP contribution >= 0.6 is 0 Å². The van der Waals surface area contributed by atoms with Crippen LogP contribution in [0.4, 0.5) is 5.69 Å². The van der Waals surface area contributed by atoms with Crippen molar-refractivity contribution in [2.45, 2.75) is 19.4 Å². The maximum Gasteiger partial charge on any atom is 0.0992 e. The molecule has 1 aliphatic heterocycles. The molecule has 3 rings (SSSR count). The first-order chi connectivity index (χ1) is 8.76. The van der Waals surface area contributed by atoms with E-state index in [2.05, 4.69) is 48.6 Å². The zero-order chi connectivity index (χ0) is 12.5. The quantitative estimate of drug-likeness (QED) is 0.818. The molecule has 2 aromatic rings. The van der Waals surface area contributed by atoms with Crippen molar-refractivity contribution in [2.24, 2.45) is 0 Å². The highest BCUT2D eigenvalue weighted by Gasteiger charge is 2.21. The third-order valence-corrected chi connectivity index (χ3v) is 3.47. The van der Waals surface area contributed by atoms with Crippen molar-refractivity contribution in [2.75, 3.05) is 5.32 Å². The van der Waals surface area contributed by atoms with Crippen LogP contribution in [-0.4, -0.2) is 0 Å². The number of fused-ring (bicyclic) bond motifs is 1. The molecule has 1 N–H and O–H groups in total. The van der Waals surface area contributed by atoms with Gasteiger partial charge in [0.25, 0.3) is 0 Å². The van der Waals surface area contributed by atoms with E-state index in [9.17, 15) is 0 Å². The van der Waals surface area contributed by atoms with Crippen LogP contribution in [0.5, 0.6) is 0 Å². The van der Waals surface area contributed by atoms with Crippen molar-refractivity contribution in [3.05, 3.63) is 64.7 Å². The number of hydrogen-bond acceptors (Lipinski definition) is 2. The molecule has 18 heavy (non-hydrogen) atoms. The third-order valence-electron chi connectivity index (χ3n) is 3.47. The summed E-state index contributed by atoms with van der Waals surface area (Å²) in [6, 6.07) is 17.0. The first kappa shape index (κ1) is 10.9. The number of benzene rings is 2. The van der Waals surface area contributed by atoms with Crippen LogP contribution in [0.3, 0.4) is 0 Å². The van der Waals surface area contributed by atoms with Crippen LogP contribution in [0.2, 0.25) is 0 Å². The molecule has 0 amide bonds. The molecule has 0 saturated carbocycles. The van der Waals surface area contributed by atoms with Crippen molar-refractivity contribution >= 4 is 5.69 Å². The highest BCUT2D eigenvalue weighted by molar-refractivity contribution is 5.61. The summed E-state index contributed by atoms with van der Waals surface area (Å²) >= 11 is 0. The van der Waals surface area contributed by atoms with E-state index in [1.54, 1.807) is 0 Å². The molecule has 1 atom stereocenters. The van der Waals surface area contributed by atoms with Crippen molar-refractivity contribution < 1.29 is 0 Å². The molecule has 1 unspecified atom stereocenters. The Morgan fingerprint density at radius 1 is 1.17 bits per heavy atom. The average Bonchev–Trinajstić information content (AvgIpc) is 2.82. The van der Waals surface area contributed by atoms with Crippen LogP contribution in [0.15, 0.2) is 42.5 Å². The van der Waals surface area contributed by atoms with Crippen LogP contribution < -0.4 is 5.32 Å². The van der Waals surface area contributed by atoms with Gasteiger partial charge in [0, 0.05) is 5.69 Å². The molecule has 88 valence electrons. The number of hydrogen-bond donors (Lipinski definition) is 1. The Morgan fingerprint density at radius 2 is 1.94 bits per heavy atom. The number of aryl methyl sites for hydroxylation is 1. The van der Waals surface area contributed by atoms with Gasteiger partial charge in [-0.1, -0.05) is 35.9 Å². The standard InChI is InChI=1S/C16H14N2/c1-11-2-5-13(6-3-11)16-9-14-7-4-12(10-17)8-15(14)18-16/h2-8,16,18H,9H2,1H3. The molecule has 0 bridgehead atoms. The minimum atomic E-state index is 0.328. The highest BCUT2D eigenvalue weighted by Crippen LogP contribution is 2.34. The van der Waals surface area contributed by atoms with Crippen LogP contribution in [0.25, 0.3) is 0 Å². The lowest BCUT2D eigenvalue weighted by Gasteiger charge is -2.11. The van der Waals surface area contributed by atoms with E-state index in [0.29, 0.717) is 11.6 Å². The maximum absolute atomic E-state index is 8.90. The van der Waals surface area contributed by atoms with Gasteiger partial charge in [0.15, 0.2) is 0 Å². The summed E-state index contributed by atoms with van der Waals surface area (Å²) in [5.41, 5.74) is 5.68. The molecular formula is C16H14N2. The Bertz CT molecular complexity index is 621. The number of nitrogens with zero attached hydrogens (tertiary/aromatic N) is 1. The molecular weight excluding hydrogens is 220 g/mol. The molecule has 0 fully saturated rings. The largest absolute Gasteiger partial charge is 0.378 e. The topological polar surface area (TPSA) is 35.8 Å². The van der Waals surface area contributed by atoms with Crippen LogP contribution in [0, 0.1) is 18.3 Å². The second kappa shape index (κ2) is 4.19. The molecule has 1 aliphatic rings. The Labute approximate surface area is 107 Å². The van der Waals surface area contributed by atoms with Gasteiger partial charge in [-0.3, -0.25) is 0 Å². The second-order valence-corrected chi connectivity index (χ2v) is 4.80. The lowest BCUT2D eigenvalue weighted by Crippen LogP contribution is -2.05. The molecule has 2 aromatic carbocycles. The van der Waals surface area contributed by atoms with Crippen LogP contribution in [0.1, 0.15) is 28.3 Å². The predicted octanol–water partition coefficient (Wildman–Crippen LogP) is 3.58. The van der Waals surface area contributed by atoms with Gasteiger partial charge < -0.3 is 5.32 Å². The van der Waals surface area contributed by atoms with E-state index in [-0.39, 0.29) is 0 Å². The summed E-state index contributed by atoms with van der Waals surface area (Å²) in [5, 5.41) is 12.4. The van der Waals surface area contributed by atoms with Crippen molar-refractivity contribution in [1.82, 2.24) is 0 Å². The van der Waals surface area contributed by atoms with Crippen molar-refractivity contribution in [1.29, 1.82) is 5.26 Å².